The van der Waals surface area contributed by atoms with Gasteiger partial charge in [0.05, 0.1) is 0 Å². The van der Waals surface area contributed by atoms with E-state index in [0.717, 1.165) is 4.32 Å². The maximum absolute atomic E-state index is 6.31. The third-order valence-corrected chi connectivity index (χ3v) is 5.56. The first-order chi connectivity index (χ1) is 11.8. The Morgan fingerprint density at radius 1 is 0.640 bits per heavy atom. The van der Waals surface area contributed by atoms with E-state index in [4.69, 9.17) is 10.1 Å². The van der Waals surface area contributed by atoms with Crippen LogP contribution < -0.4 is 0 Å². The van der Waals surface area contributed by atoms with Crippen molar-refractivity contribution in [3.05, 3.63) is 74.4 Å². The van der Waals surface area contributed by atoms with E-state index in [1.54, 1.807) is 0 Å². The third-order valence-electron chi connectivity index (χ3n) is 4.53. The SMILES string of the molecule is Cc1cc(C)c(-n2ccn(-c3c(C)cc(C)cc3C)[c]2=[Cu-2][Cl])c(C)c1. The second kappa shape index (κ2) is 6.99. The number of benzene rings is 2. The van der Waals surface area contributed by atoms with Crippen molar-refractivity contribution in [2.45, 2.75) is 41.5 Å². The minimum atomic E-state index is 0.982. The van der Waals surface area contributed by atoms with Gasteiger partial charge in [-0.3, -0.25) is 0 Å². The minimum absolute atomic E-state index is 0.982. The van der Waals surface area contributed by atoms with Gasteiger partial charge in [0, 0.05) is 0 Å². The molecule has 0 aliphatic rings. The van der Waals surface area contributed by atoms with Gasteiger partial charge < -0.3 is 0 Å². The van der Waals surface area contributed by atoms with Crippen molar-refractivity contribution in [1.82, 2.24) is 9.13 Å². The zero-order valence-electron chi connectivity index (χ0n) is 15.5. The quantitative estimate of drug-likeness (QED) is 0.473. The Morgan fingerprint density at radius 3 is 1.24 bits per heavy atom. The van der Waals surface area contributed by atoms with Gasteiger partial charge in [-0.2, -0.15) is 0 Å². The first-order valence-corrected chi connectivity index (χ1v) is 10.1. The molecule has 2 aromatic carbocycles. The number of hydrogen-bond acceptors (Lipinski definition) is 0. The van der Waals surface area contributed by atoms with Gasteiger partial charge in [-0.05, 0) is 0 Å². The summed E-state index contributed by atoms with van der Waals surface area (Å²) in [5.74, 6) is 0. The monoisotopic (exact) mass is 402 g/mol. The summed E-state index contributed by atoms with van der Waals surface area (Å²) in [6, 6.07) is 8.88. The molecule has 0 amide bonds. The molecule has 2 nitrogen and oxygen atoms in total. The van der Waals surface area contributed by atoms with Gasteiger partial charge in [-0.25, -0.2) is 0 Å². The van der Waals surface area contributed by atoms with Crippen LogP contribution in [0.15, 0.2) is 36.7 Å². The standard InChI is InChI=1S/C21H24N2.ClH.Cu/c1-14-9-16(3)20(17(4)10-14)22-7-8-23(13-22)21-18(5)11-15(2)12-19(21)6;;/h7-12H,1-6H3;1H;/q;;-1/p-1. The molecule has 1 aromatic heterocycles. The molecule has 0 spiro atoms. The summed E-state index contributed by atoms with van der Waals surface area (Å²) < 4.78 is 5.36. The Kier molecular flexibility index (Phi) is 5.11. The number of nitrogens with zero attached hydrogens (tertiary/aromatic N) is 2. The van der Waals surface area contributed by atoms with E-state index in [2.05, 4.69) is 87.3 Å². The van der Waals surface area contributed by atoms with Gasteiger partial charge in [0.2, 0.25) is 0 Å². The topological polar surface area (TPSA) is 9.86 Å². The van der Waals surface area contributed by atoms with Crippen LogP contribution in [0.25, 0.3) is 11.4 Å². The van der Waals surface area contributed by atoms with E-state index in [9.17, 15) is 0 Å². The van der Waals surface area contributed by atoms with Crippen molar-refractivity contribution < 1.29 is 13.6 Å². The molecule has 0 aliphatic heterocycles. The van der Waals surface area contributed by atoms with Crippen LogP contribution >= 0.6 is 10.1 Å². The summed E-state index contributed by atoms with van der Waals surface area (Å²) in [6.07, 6.45) is 4.21. The van der Waals surface area contributed by atoms with Gasteiger partial charge in [0.25, 0.3) is 0 Å². The summed E-state index contributed by atoms with van der Waals surface area (Å²) in [5.41, 5.74) is 9.97. The second-order valence-corrected chi connectivity index (χ2v) is 7.89. The van der Waals surface area contributed by atoms with Gasteiger partial charge in [-0.15, -0.1) is 0 Å². The summed E-state index contributed by atoms with van der Waals surface area (Å²) in [7, 11) is 6.31. The van der Waals surface area contributed by atoms with E-state index in [1.165, 1.54) is 58.4 Å². The van der Waals surface area contributed by atoms with Crippen LogP contribution in [0.5, 0.6) is 0 Å². The fraction of sp³-hybridized carbons (Fsp3) is 0.286. The van der Waals surface area contributed by atoms with Gasteiger partial charge in [0.1, 0.15) is 0 Å². The Morgan fingerprint density at radius 2 is 0.960 bits per heavy atom. The average Bonchev–Trinajstić information content (AvgIpc) is 2.88. The molecule has 0 fully saturated rings. The van der Waals surface area contributed by atoms with Crippen molar-refractivity contribution in [3.8, 4) is 11.4 Å². The first-order valence-electron chi connectivity index (χ1n) is 8.32. The van der Waals surface area contributed by atoms with Crippen LogP contribution in [0.1, 0.15) is 33.4 Å². The number of halogens is 1. The Balaban J connectivity index is 2.31. The predicted molar refractivity (Wildman–Crippen MR) is 103 cm³/mol. The van der Waals surface area contributed by atoms with Crippen molar-refractivity contribution in [3.63, 3.8) is 0 Å². The normalized spacial score (nSPS) is 11.3. The summed E-state index contributed by atoms with van der Waals surface area (Å²) in [6.45, 7) is 12.9. The Hall–Kier alpha value is -1.54. The molecule has 0 saturated carbocycles. The van der Waals surface area contributed by atoms with E-state index in [1.807, 2.05) is 0 Å². The fourth-order valence-corrected chi connectivity index (χ4v) is 4.81. The molecule has 0 unspecified atom stereocenters. The van der Waals surface area contributed by atoms with E-state index in [0.29, 0.717) is 0 Å². The zero-order chi connectivity index (χ0) is 18.3. The third kappa shape index (κ3) is 3.29. The fourth-order valence-electron chi connectivity index (χ4n) is 3.84. The van der Waals surface area contributed by atoms with Crippen LogP contribution in [0.2, 0.25) is 0 Å². The molecule has 0 radical (unpaired) electrons. The summed E-state index contributed by atoms with van der Waals surface area (Å²) >= 11 is 1.36. The van der Waals surface area contributed by atoms with Gasteiger partial charge in [-0.1, -0.05) is 0 Å². The van der Waals surface area contributed by atoms with E-state index >= 15 is 0 Å². The zero-order valence-corrected chi connectivity index (χ0v) is 17.2. The molecule has 0 saturated heterocycles. The number of aromatic nitrogens is 2. The average molecular weight is 403 g/mol. The molecular weight excluding hydrogens is 379 g/mol. The van der Waals surface area contributed by atoms with Crippen molar-refractivity contribution in [2.24, 2.45) is 0 Å². The predicted octanol–water partition coefficient (Wildman–Crippen LogP) is 5.89. The van der Waals surface area contributed by atoms with Crippen LogP contribution in [0.3, 0.4) is 0 Å². The summed E-state index contributed by atoms with van der Waals surface area (Å²) in [4.78, 5) is 0. The van der Waals surface area contributed by atoms with Crippen LogP contribution in [0.4, 0.5) is 0 Å². The van der Waals surface area contributed by atoms with Crippen LogP contribution in [0, 0.1) is 45.9 Å². The molecule has 3 rings (SSSR count). The molecule has 0 bridgehead atoms. The number of rotatable bonds is 2. The number of hydrogen-bond donors (Lipinski definition) is 0. The Labute approximate surface area is 160 Å². The summed E-state index contributed by atoms with van der Waals surface area (Å²) in [5, 5.41) is 0. The maximum atomic E-state index is 6.31. The van der Waals surface area contributed by atoms with Gasteiger partial charge >= 0.3 is 160 Å². The van der Waals surface area contributed by atoms with E-state index in [-0.39, 0.29) is 0 Å². The first kappa shape index (κ1) is 18.3. The van der Waals surface area contributed by atoms with Crippen molar-refractivity contribution in [1.29, 1.82) is 0 Å². The molecule has 0 aliphatic carbocycles. The van der Waals surface area contributed by atoms with E-state index < -0.39 is 0 Å². The van der Waals surface area contributed by atoms with Crippen LogP contribution in [-0.4, -0.2) is 9.13 Å². The molecule has 3 aromatic rings. The molecule has 0 atom stereocenters. The molecular formula is C21H24ClCuN2-2. The number of imidazole rings is 1. The van der Waals surface area contributed by atoms with Gasteiger partial charge in [0.15, 0.2) is 0 Å². The molecule has 1 heterocycles. The molecule has 138 valence electrons. The molecule has 4 heteroatoms. The Bertz CT molecular complexity index is 901. The van der Waals surface area contributed by atoms with Crippen molar-refractivity contribution in [2.75, 3.05) is 0 Å². The second-order valence-electron chi connectivity index (χ2n) is 6.82. The number of aryl methyl sites for hydroxylation is 6. The molecule has 0 N–H and O–H groups in total. The molecule has 25 heavy (non-hydrogen) atoms. The van der Waals surface area contributed by atoms with Crippen LogP contribution in [-0.2, 0) is 13.6 Å². The van der Waals surface area contributed by atoms with Crippen molar-refractivity contribution >= 4 is 10.1 Å².